The Labute approximate surface area is 99.7 Å². The van der Waals surface area contributed by atoms with Crippen molar-refractivity contribution in [2.45, 2.75) is 18.8 Å². The molecular weight excluding hydrogens is 216 g/mol. The Morgan fingerprint density at radius 1 is 1.18 bits per heavy atom. The number of hydrogen-bond acceptors (Lipinski definition) is 4. The summed E-state index contributed by atoms with van der Waals surface area (Å²) in [6, 6.07) is 3.83. The topological polar surface area (TPSA) is 48.2 Å². The monoisotopic (exact) mass is 230 g/mol. The molecule has 88 valence electrons. The highest BCUT2D eigenvalue weighted by atomic mass is 16.5. The van der Waals surface area contributed by atoms with E-state index in [9.17, 15) is 0 Å². The van der Waals surface area contributed by atoms with E-state index in [4.69, 9.17) is 9.15 Å². The molecule has 1 aliphatic rings. The highest BCUT2D eigenvalue weighted by Crippen LogP contribution is 2.29. The molecule has 0 amide bonds. The van der Waals surface area contributed by atoms with Gasteiger partial charge < -0.3 is 9.15 Å². The van der Waals surface area contributed by atoms with Gasteiger partial charge in [-0.05, 0) is 25.0 Å². The minimum absolute atomic E-state index is 0.446. The molecule has 0 N–H and O–H groups in total. The van der Waals surface area contributed by atoms with Crippen molar-refractivity contribution in [3.8, 4) is 11.5 Å². The summed E-state index contributed by atoms with van der Waals surface area (Å²) in [5.74, 6) is 2.06. The second-order valence-electron chi connectivity index (χ2n) is 4.20. The maximum Gasteiger partial charge on any atom is 0.227 e. The molecule has 0 aliphatic carbocycles. The van der Waals surface area contributed by atoms with Crippen LogP contribution in [0.3, 0.4) is 0 Å². The molecule has 0 unspecified atom stereocenters. The van der Waals surface area contributed by atoms with E-state index in [1.807, 2.05) is 18.3 Å². The number of ether oxygens (including phenoxy) is 1. The molecule has 2 aromatic rings. The van der Waals surface area contributed by atoms with Crippen molar-refractivity contribution in [3.63, 3.8) is 0 Å². The molecule has 3 rings (SSSR count). The van der Waals surface area contributed by atoms with E-state index < -0.39 is 0 Å². The van der Waals surface area contributed by atoms with Crippen LogP contribution in [-0.2, 0) is 4.74 Å². The molecule has 4 heteroatoms. The van der Waals surface area contributed by atoms with Crippen LogP contribution in [0.4, 0.5) is 0 Å². The van der Waals surface area contributed by atoms with Gasteiger partial charge >= 0.3 is 0 Å². The fourth-order valence-corrected chi connectivity index (χ4v) is 2.08. The number of pyridine rings is 1. The van der Waals surface area contributed by atoms with Crippen molar-refractivity contribution in [1.29, 1.82) is 0 Å². The Bertz CT molecular complexity index is 475. The van der Waals surface area contributed by atoms with Crippen LogP contribution < -0.4 is 0 Å². The van der Waals surface area contributed by atoms with Crippen molar-refractivity contribution in [3.05, 3.63) is 36.5 Å². The van der Waals surface area contributed by atoms with Gasteiger partial charge in [0.15, 0.2) is 0 Å². The van der Waals surface area contributed by atoms with Gasteiger partial charge in [0.05, 0.1) is 11.8 Å². The Hall–Kier alpha value is -1.68. The molecular formula is C13H14N2O2. The summed E-state index contributed by atoms with van der Waals surface area (Å²) < 4.78 is 11.1. The third kappa shape index (κ3) is 2.22. The van der Waals surface area contributed by atoms with Crippen LogP contribution in [0.15, 0.2) is 35.1 Å². The van der Waals surface area contributed by atoms with E-state index >= 15 is 0 Å². The molecule has 0 aromatic carbocycles. The lowest BCUT2D eigenvalue weighted by molar-refractivity contribution is 0.0808. The average Bonchev–Trinajstić information content (AvgIpc) is 2.90. The number of nitrogens with zero attached hydrogens (tertiary/aromatic N) is 2. The standard InChI is InChI=1S/C13H14N2O2/c1-2-11(8-14-5-1)13-15-9-12(17-13)10-3-6-16-7-4-10/h1-2,5,8-10H,3-4,6-7H2. The second-order valence-corrected chi connectivity index (χ2v) is 4.20. The van der Waals surface area contributed by atoms with Crippen LogP contribution in [-0.4, -0.2) is 23.2 Å². The molecule has 4 nitrogen and oxygen atoms in total. The maximum absolute atomic E-state index is 5.80. The first-order valence-electron chi connectivity index (χ1n) is 5.87. The lowest BCUT2D eigenvalue weighted by Gasteiger charge is -2.19. The zero-order valence-corrected chi connectivity index (χ0v) is 9.50. The van der Waals surface area contributed by atoms with Gasteiger partial charge in [0.2, 0.25) is 5.89 Å². The number of aromatic nitrogens is 2. The predicted octanol–water partition coefficient (Wildman–Crippen LogP) is 2.63. The third-order valence-corrected chi connectivity index (χ3v) is 3.06. The summed E-state index contributed by atoms with van der Waals surface area (Å²) in [5, 5.41) is 0. The fraction of sp³-hybridized carbons (Fsp3) is 0.385. The van der Waals surface area contributed by atoms with Gasteiger partial charge in [0.25, 0.3) is 0 Å². The predicted molar refractivity (Wildman–Crippen MR) is 62.5 cm³/mol. The molecule has 0 bridgehead atoms. The molecule has 0 spiro atoms. The number of oxazole rings is 1. The first-order valence-corrected chi connectivity index (χ1v) is 5.87. The van der Waals surface area contributed by atoms with E-state index in [-0.39, 0.29) is 0 Å². The Morgan fingerprint density at radius 3 is 2.82 bits per heavy atom. The van der Waals surface area contributed by atoms with Crippen LogP contribution in [0.5, 0.6) is 0 Å². The highest BCUT2D eigenvalue weighted by Gasteiger charge is 2.20. The van der Waals surface area contributed by atoms with Gasteiger partial charge in [0, 0.05) is 31.5 Å². The van der Waals surface area contributed by atoms with Crippen molar-refractivity contribution in [2.75, 3.05) is 13.2 Å². The normalized spacial score (nSPS) is 17.2. The van der Waals surface area contributed by atoms with Crippen LogP contribution in [0.25, 0.3) is 11.5 Å². The average molecular weight is 230 g/mol. The van der Waals surface area contributed by atoms with Gasteiger partial charge in [-0.2, -0.15) is 0 Å². The SMILES string of the molecule is c1cncc(-c2ncc(C3CCOCC3)o2)c1. The van der Waals surface area contributed by atoms with Crippen LogP contribution in [0.2, 0.25) is 0 Å². The number of rotatable bonds is 2. The molecule has 17 heavy (non-hydrogen) atoms. The van der Waals surface area contributed by atoms with Crippen LogP contribution >= 0.6 is 0 Å². The van der Waals surface area contributed by atoms with E-state index in [0.717, 1.165) is 37.4 Å². The van der Waals surface area contributed by atoms with Crippen LogP contribution in [0.1, 0.15) is 24.5 Å². The van der Waals surface area contributed by atoms with E-state index in [0.29, 0.717) is 11.8 Å². The van der Waals surface area contributed by atoms with Crippen molar-refractivity contribution < 1.29 is 9.15 Å². The van der Waals surface area contributed by atoms with E-state index in [2.05, 4.69) is 9.97 Å². The maximum atomic E-state index is 5.80. The van der Waals surface area contributed by atoms with Gasteiger partial charge in [-0.25, -0.2) is 4.98 Å². The summed E-state index contributed by atoms with van der Waals surface area (Å²) in [4.78, 5) is 8.38. The van der Waals surface area contributed by atoms with Gasteiger partial charge in [-0.3, -0.25) is 4.98 Å². The highest BCUT2D eigenvalue weighted by molar-refractivity contribution is 5.50. The first kappa shape index (κ1) is 10.5. The van der Waals surface area contributed by atoms with Crippen molar-refractivity contribution in [1.82, 2.24) is 9.97 Å². The summed E-state index contributed by atoms with van der Waals surface area (Å²) >= 11 is 0. The smallest absolute Gasteiger partial charge is 0.227 e. The minimum atomic E-state index is 0.446. The molecule has 1 fully saturated rings. The summed E-state index contributed by atoms with van der Waals surface area (Å²) in [5.41, 5.74) is 0.922. The number of hydrogen-bond donors (Lipinski definition) is 0. The Balaban J connectivity index is 1.83. The lowest BCUT2D eigenvalue weighted by atomic mass is 9.98. The first-order chi connectivity index (χ1) is 8.43. The summed E-state index contributed by atoms with van der Waals surface area (Å²) in [7, 11) is 0. The molecule has 0 atom stereocenters. The van der Waals surface area contributed by atoms with Gasteiger partial charge in [0.1, 0.15) is 5.76 Å². The van der Waals surface area contributed by atoms with E-state index in [1.54, 1.807) is 12.4 Å². The Kier molecular flexibility index (Phi) is 2.88. The largest absolute Gasteiger partial charge is 0.441 e. The zero-order chi connectivity index (χ0) is 11.5. The summed E-state index contributed by atoms with van der Waals surface area (Å²) in [6.07, 6.45) is 7.37. The van der Waals surface area contributed by atoms with Gasteiger partial charge in [-0.1, -0.05) is 0 Å². The molecule has 3 heterocycles. The molecule has 1 aliphatic heterocycles. The molecule has 0 saturated carbocycles. The molecule has 1 saturated heterocycles. The quantitative estimate of drug-likeness (QED) is 0.795. The molecule has 0 radical (unpaired) electrons. The zero-order valence-electron chi connectivity index (χ0n) is 9.50. The lowest BCUT2D eigenvalue weighted by Crippen LogP contribution is -2.13. The molecule has 2 aromatic heterocycles. The Morgan fingerprint density at radius 2 is 2.06 bits per heavy atom. The summed E-state index contributed by atoms with van der Waals surface area (Å²) in [6.45, 7) is 1.63. The van der Waals surface area contributed by atoms with Crippen molar-refractivity contribution >= 4 is 0 Å². The second kappa shape index (κ2) is 4.67. The third-order valence-electron chi connectivity index (χ3n) is 3.06. The van der Waals surface area contributed by atoms with Crippen molar-refractivity contribution in [2.24, 2.45) is 0 Å². The van der Waals surface area contributed by atoms with E-state index in [1.165, 1.54) is 0 Å². The minimum Gasteiger partial charge on any atom is -0.441 e. The fourth-order valence-electron chi connectivity index (χ4n) is 2.08. The van der Waals surface area contributed by atoms with Gasteiger partial charge in [-0.15, -0.1) is 0 Å². The van der Waals surface area contributed by atoms with Crippen LogP contribution in [0, 0.1) is 0 Å².